The first-order chi connectivity index (χ1) is 7.83. The first kappa shape index (κ1) is 12.5. The summed E-state index contributed by atoms with van der Waals surface area (Å²) in [5, 5.41) is 0. The van der Waals surface area contributed by atoms with Crippen LogP contribution in [-0.4, -0.2) is 19.1 Å². The highest BCUT2D eigenvalue weighted by Gasteiger charge is 1.98. The molecule has 1 aromatic rings. The van der Waals surface area contributed by atoms with Crippen molar-refractivity contribution in [2.75, 3.05) is 13.2 Å². The molecule has 0 aromatic heterocycles. The summed E-state index contributed by atoms with van der Waals surface area (Å²) in [6, 6.07) is 9.47. The molecule has 16 heavy (non-hydrogen) atoms. The topological polar surface area (TPSA) is 47.6 Å². The Kier molecular flexibility index (Phi) is 6.03. The number of carbonyl (C=O) groups excluding carboxylic acids is 1. The van der Waals surface area contributed by atoms with E-state index in [0.29, 0.717) is 19.6 Å². The Morgan fingerprint density at radius 3 is 2.69 bits per heavy atom. The first-order valence-corrected chi connectivity index (χ1v) is 5.41. The molecule has 0 aliphatic heterocycles. The molecular formula is C12H17NO3. The van der Waals surface area contributed by atoms with E-state index in [1.165, 1.54) is 0 Å². The van der Waals surface area contributed by atoms with Gasteiger partial charge in [-0.2, -0.15) is 0 Å². The number of nitrogens with one attached hydrogen (secondary N) is 1. The third-order valence-corrected chi connectivity index (χ3v) is 1.86. The lowest BCUT2D eigenvalue weighted by molar-refractivity contribution is -0.134. The molecule has 0 spiro atoms. The molecule has 0 unspecified atom stereocenters. The zero-order valence-corrected chi connectivity index (χ0v) is 9.44. The van der Waals surface area contributed by atoms with E-state index in [1.807, 2.05) is 37.3 Å². The average molecular weight is 223 g/mol. The Morgan fingerprint density at radius 1 is 1.25 bits per heavy atom. The van der Waals surface area contributed by atoms with E-state index in [0.717, 1.165) is 12.2 Å². The molecular weight excluding hydrogens is 206 g/mol. The maximum Gasteiger partial charge on any atom is 0.243 e. The van der Waals surface area contributed by atoms with Crippen LogP contribution in [0.25, 0.3) is 0 Å². The molecule has 0 bridgehead atoms. The Hall–Kier alpha value is -1.55. The summed E-state index contributed by atoms with van der Waals surface area (Å²) < 4.78 is 5.37. The van der Waals surface area contributed by atoms with Crippen molar-refractivity contribution in [1.82, 2.24) is 5.48 Å². The van der Waals surface area contributed by atoms with Crippen molar-refractivity contribution in [1.29, 1.82) is 0 Å². The molecule has 0 radical (unpaired) electrons. The summed E-state index contributed by atoms with van der Waals surface area (Å²) in [7, 11) is 0. The average Bonchev–Trinajstić information content (AvgIpc) is 2.30. The van der Waals surface area contributed by atoms with Crippen LogP contribution < -0.4 is 10.2 Å². The van der Waals surface area contributed by atoms with Gasteiger partial charge in [0.1, 0.15) is 19.0 Å². The number of hydrogen-bond donors (Lipinski definition) is 1. The van der Waals surface area contributed by atoms with Gasteiger partial charge in [0.2, 0.25) is 5.91 Å². The van der Waals surface area contributed by atoms with E-state index in [9.17, 15) is 4.79 Å². The maximum atomic E-state index is 11.0. The van der Waals surface area contributed by atoms with Crippen LogP contribution in [0.3, 0.4) is 0 Å². The van der Waals surface area contributed by atoms with Crippen LogP contribution in [0.15, 0.2) is 30.3 Å². The molecule has 4 heteroatoms. The van der Waals surface area contributed by atoms with E-state index in [-0.39, 0.29) is 5.91 Å². The number of ether oxygens (including phenoxy) is 1. The highest BCUT2D eigenvalue weighted by Crippen LogP contribution is 2.07. The Labute approximate surface area is 95.5 Å². The summed E-state index contributed by atoms with van der Waals surface area (Å²) in [6.45, 7) is 2.69. The van der Waals surface area contributed by atoms with Gasteiger partial charge in [-0.15, -0.1) is 0 Å². The molecule has 0 saturated carbocycles. The number of hydrogen-bond acceptors (Lipinski definition) is 3. The largest absolute Gasteiger partial charge is 0.491 e. The fraction of sp³-hybridized carbons (Fsp3) is 0.417. The van der Waals surface area contributed by atoms with Gasteiger partial charge in [-0.3, -0.25) is 9.63 Å². The molecule has 0 fully saturated rings. The van der Waals surface area contributed by atoms with Crippen molar-refractivity contribution in [2.24, 2.45) is 0 Å². The van der Waals surface area contributed by atoms with Crippen LogP contribution in [0.5, 0.6) is 5.75 Å². The van der Waals surface area contributed by atoms with Crippen LogP contribution in [0.4, 0.5) is 0 Å². The van der Waals surface area contributed by atoms with Gasteiger partial charge in [0, 0.05) is 6.42 Å². The first-order valence-electron chi connectivity index (χ1n) is 5.41. The monoisotopic (exact) mass is 223 g/mol. The van der Waals surface area contributed by atoms with Crippen molar-refractivity contribution in [2.45, 2.75) is 19.8 Å². The molecule has 0 saturated heterocycles. The van der Waals surface area contributed by atoms with Crippen LogP contribution in [0, 0.1) is 0 Å². The Morgan fingerprint density at radius 2 is 2.00 bits per heavy atom. The lowest BCUT2D eigenvalue weighted by Gasteiger charge is -2.07. The van der Waals surface area contributed by atoms with E-state index < -0.39 is 0 Å². The van der Waals surface area contributed by atoms with Gasteiger partial charge in [0.25, 0.3) is 0 Å². The molecule has 4 nitrogen and oxygen atoms in total. The van der Waals surface area contributed by atoms with Gasteiger partial charge in [-0.05, 0) is 18.6 Å². The zero-order chi connectivity index (χ0) is 11.6. The Balaban J connectivity index is 2.02. The summed E-state index contributed by atoms with van der Waals surface area (Å²) in [5.41, 5.74) is 2.35. The fourth-order valence-electron chi connectivity index (χ4n) is 1.13. The van der Waals surface area contributed by atoms with Crippen LogP contribution in [0.2, 0.25) is 0 Å². The number of carbonyl (C=O) groups is 1. The lowest BCUT2D eigenvalue weighted by atomic mass is 10.3. The summed E-state index contributed by atoms with van der Waals surface area (Å²) in [6.07, 6.45) is 1.30. The number of amides is 1. The molecule has 0 aliphatic rings. The minimum absolute atomic E-state index is 0.0952. The Bertz CT molecular complexity index is 300. The maximum absolute atomic E-state index is 11.0. The second kappa shape index (κ2) is 7.70. The highest BCUT2D eigenvalue weighted by molar-refractivity contribution is 5.74. The van der Waals surface area contributed by atoms with Gasteiger partial charge >= 0.3 is 0 Å². The molecule has 0 aliphatic carbocycles. The zero-order valence-electron chi connectivity index (χ0n) is 9.44. The van der Waals surface area contributed by atoms with Crippen LogP contribution in [-0.2, 0) is 9.63 Å². The predicted molar refractivity (Wildman–Crippen MR) is 60.9 cm³/mol. The second-order valence-corrected chi connectivity index (χ2v) is 3.29. The minimum atomic E-state index is -0.0952. The van der Waals surface area contributed by atoms with Gasteiger partial charge in [0.05, 0.1) is 0 Å². The molecule has 0 atom stereocenters. The number of benzene rings is 1. The van der Waals surface area contributed by atoms with Gasteiger partial charge < -0.3 is 4.74 Å². The molecule has 0 heterocycles. The predicted octanol–water partition coefficient (Wildman–Crippen LogP) is 1.91. The van der Waals surface area contributed by atoms with E-state index in [2.05, 4.69) is 5.48 Å². The molecule has 1 N–H and O–H groups in total. The third-order valence-electron chi connectivity index (χ3n) is 1.86. The molecule has 1 aromatic carbocycles. The number of para-hydroxylation sites is 1. The van der Waals surface area contributed by atoms with E-state index in [4.69, 9.17) is 9.57 Å². The van der Waals surface area contributed by atoms with Gasteiger partial charge in [-0.1, -0.05) is 25.1 Å². The third kappa shape index (κ3) is 5.36. The normalized spacial score (nSPS) is 9.81. The lowest BCUT2D eigenvalue weighted by Crippen LogP contribution is -2.25. The molecule has 1 rings (SSSR count). The second-order valence-electron chi connectivity index (χ2n) is 3.29. The summed E-state index contributed by atoms with van der Waals surface area (Å²) >= 11 is 0. The van der Waals surface area contributed by atoms with E-state index >= 15 is 0 Å². The SMILES string of the molecule is CCCC(=O)NOCCOc1ccccc1. The van der Waals surface area contributed by atoms with Crippen LogP contribution >= 0.6 is 0 Å². The number of hydroxylamine groups is 1. The summed E-state index contributed by atoms with van der Waals surface area (Å²) in [4.78, 5) is 15.9. The van der Waals surface area contributed by atoms with Crippen molar-refractivity contribution in [3.63, 3.8) is 0 Å². The van der Waals surface area contributed by atoms with Crippen molar-refractivity contribution in [3.8, 4) is 5.75 Å². The van der Waals surface area contributed by atoms with Gasteiger partial charge in [-0.25, -0.2) is 5.48 Å². The van der Waals surface area contributed by atoms with Crippen molar-refractivity contribution >= 4 is 5.91 Å². The fourth-order valence-corrected chi connectivity index (χ4v) is 1.13. The van der Waals surface area contributed by atoms with Gasteiger partial charge in [0.15, 0.2) is 0 Å². The summed E-state index contributed by atoms with van der Waals surface area (Å²) in [5.74, 6) is 0.702. The van der Waals surface area contributed by atoms with Crippen molar-refractivity contribution in [3.05, 3.63) is 30.3 Å². The molecule has 1 amide bonds. The standard InChI is InChI=1S/C12H17NO3/c1-2-6-12(14)13-16-10-9-15-11-7-4-3-5-8-11/h3-5,7-8H,2,6,9-10H2,1H3,(H,13,14). The van der Waals surface area contributed by atoms with Crippen molar-refractivity contribution < 1.29 is 14.4 Å². The number of rotatable bonds is 7. The minimum Gasteiger partial charge on any atom is -0.491 e. The quantitative estimate of drug-likeness (QED) is 0.567. The van der Waals surface area contributed by atoms with Crippen LogP contribution in [0.1, 0.15) is 19.8 Å². The smallest absolute Gasteiger partial charge is 0.243 e. The van der Waals surface area contributed by atoms with E-state index in [1.54, 1.807) is 0 Å². The molecule has 88 valence electrons. The highest BCUT2D eigenvalue weighted by atomic mass is 16.7.